The Morgan fingerprint density at radius 1 is 1.03 bits per heavy atom. The normalized spacial score (nSPS) is 13.4. The van der Waals surface area contributed by atoms with Crippen LogP contribution in [0.4, 0.5) is 0 Å². The van der Waals surface area contributed by atoms with Crippen molar-refractivity contribution >= 4 is 45.0 Å². The Kier molecular flexibility index (Phi) is 9.94. The number of hydrogen-bond acceptors (Lipinski definition) is 4. The Bertz CT molecular complexity index is 1120. The van der Waals surface area contributed by atoms with Gasteiger partial charge in [-0.3, -0.25) is 9.59 Å². The number of nitrogens with one attached hydrogen (secondary N) is 1. The van der Waals surface area contributed by atoms with E-state index in [0.717, 1.165) is 16.3 Å². The number of carbonyl (C=O) groups is 2. The van der Waals surface area contributed by atoms with Crippen LogP contribution in [0.2, 0.25) is 10.0 Å². The van der Waals surface area contributed by atoms with Crippen molar-refractivity contribution < 1.29 is 18.0 Å². The lowest BCUT2D eigenvalue weighted by molar-refractivity contribution is -0.140. The van der Waals surface area contributed by atoms with E-state index in [-0.39, 0.29) is 23.4 Å². The molecule has 2 aromatic rings. The highest BCUT2D eigenvalue weighted by Gasteiger charge is 2.30. The molecule has 34 heavy (non-hydrogen) atoms. The minimum atomic E-state index is -3.89. The zero-order valence-corrected chi connectivity index (χ0v) is 22.3. The van der Waals surface area contributed by atoms with Crippen molar-refractivity contribution in [2.45, 2.75) is 57.6 Å². The SMILES string of the molecule is CC[C@@H](C)NC(=O)[C@H](C)N(Cc1ccc(Cl)c(Cl)c1)C(=O)CN(C)S(=O)(=O)c1ccc(C)cc1. The van der Waals surface area contributed by atoms with Crippen LogP contribution < -0.4 is 5.32 Å². The lowest BCUT2D eigenvalue weighted by Crippen LogP contribution is -2.51. The van der Waals surface area contributed by atoms with Gasteiger partial charge in [0.05, 0.1) is 21.5 Å². The van der Waals surface area contributed by atoms with Gasteiger partial charge >= 0.3 is 0 Å². The third kappa shape index (κ3) is 7.18. The summed E-state index contributed by atoms with van der Waals surface area (Å²) in [5.74, 6) is -0.845. The number of carbonyl (C=O) groups excluding carboxylic acids is 2. The molecule has 2 atom stereocenters. The quantitative estimate of drug-likeness (QED) is 0.500. The molecule has 0 unspecified atom stereocenters. The number of likely N-dealkylation sites (N-methyl/N-ethyl adjacent to an activating group) is 1. The molecule has 0 aliphatic rings. The van der Waals surface area contributed by atoms with Crippen molar-refractivity contribution in [3.8, 4) is 0 Å². The van der Waals surface area contributed by atoms with Crippen molar-refractivity contribution in [2.24, 2.45) is 0 Å². The predicted molar refractivity (Wildman–Crippen MR) is 135 cm³/mol. The van der Waals surface area contributed by atoms with Crippen LogP contribution in [0.1, 0.15) is 38.3 Å². The van der Waals surface area contributed by atoms with E-state index in [4.69, 9.17) is 23.2 Å². The number of hydrogen-bond donors (Lipinski definition) is 1. The van der Waals surface area contributed by atoms with Gasteiger partial charge < -0.3 is 10.2 Å². The summed E-state index contributed by atoms with van der Waals surface area (Å²) in [7, 11) is -2.55. The maximum Gasteiger partial charge on any atom is 0.243 e. The molecule has 0 fully saturated rings. The zero-order chi connectivity index (χ0) is 25.6. The molecule has 186 valence electrons. The van der Waals surface area contributed by atoms with E-state index in [0.29, 0.717) is 15.6 Å². The number of amides is 2. The van der Waals surface area contributed by atoms with Gasteiger partial charge in [0, 0.05) is 19.6 Å². The third-order valence-corrected chi connectivity index (χ3v) is 8.15. The summed E-state index contributed by atoms with van der Waals surface area (Å²) >= 11 is 12.1. The molecule has 0 aromatic heterocycles. The highest BCUT2D eigenvalue weighted by atomic mass is 35.5. The molecule has 2 amide bonds. The lowest BCUT2D eigenvalue weighted by Gasteiger charge is -2.31. The number of aryl methyl sites for hydroxylation is 1. The minimum Gasteiger partial charge on any atom is -0.352 e. The summed E-state index contributed by atoms with van der Waals surface area (Å²) in [6.07, 6.45) is 0.733. The molecule has 0 saturated heterocycles. The summed E-state index contributed by atoms with van der Waals surface area (Å²) in [6, 6.07) is 10.4. The highest BCUT2D eigenvalue weighted by molar-refractivity contribution is 7.89. The van der Waals surface area contributed by atoms with Crippen LogP contribution >= 0.6 is 23.2 Å². The van der Waals surface area contributed by atoms with Gasteiger partial charge in [-0.1, -0.05) is 53.9 Å². The average Bonchev–Trinajstić information content (AvgIpc) is 2.79. The summed E-state index contributed by atoms with van der Waals surface area (Å²) in [4.78, 5) is 27.6. The number of sulfonamides is 1. The van der Waals surface area contributed by atoms with Crippen LogP contribution in [0.25, 0.3) is 0 Å². The Balaban J connectivity index is 2.30. The maximum atomic E-state index is 13.3. The fourth-order valence-corrected chi connectivity index (χ4v) is 4.58. The molecule has 0 bridgehead atoms. The summed E-state index contributed by atoms with van der Waals surface area (Å²) < 4.78 is 26.9. The van der Waals surface area contributed by atoms with Gasteiger partial charge in [-0.05, 0) is 57.0 Å². The van der Waals surface area contributed by atoms with E-state index in [1.807, 2.05) is 20.8 Å². The van der Waals surface area contributed by atoms with Crippen molar-refractivity contribution in [3.05, 3.63) is 63.6 Å². The molecule has 1 N–H and O–H groups in total. The maximum absolute atomic E-state index is 13.3. The van der Waals surface area contributed by atoms with Gasteiger partial charge in [-0.2, -0.15) is 4.31 Å². The first-order chi connectivity index (χ1) is 15.9. The Morgan fingerprint density at radius 3 is 2.21 bits per heavy atom. The van der Waals surface area contributed by atoms with E-state index >= 15 is 0 Å². The van der Waals surface area contributed by atoms with Crippen LogP contribution in [-0.4, -0.2) is 55.1 Å². The largest absolute Gasteiger partial charge is 0.352 e. The van der Waals surface area contributed by atoms with Gasteiger partial charge in [0.2, 0.25) is 21.8 Å². The van der Waals surface area contributed by atoms with Gasteiger partial charge in [0.25, 0.3) is 0 Å². The van der Waals surface area contributed by atoms with Gasteiger partial charge in [0.1, 0.15) is 6.04 Å². The second-order valence-corrected chi connectivity index (χ2v) is 11.2. The van der Waals surface area contributed by atoms with Gasteiger partial charge in [0.15, 0.2) is 0 Å². The van der Waals surface area contributed by atoms with Crippen molar-refractivity contribution in [1.29, 1.82) is 0 Å². The predicted octanol–water partition coefficient (Wildman–Crippen LogP) is 4.25. The Hall–Kier alpha value is -2.13. The molecule has 0 spiro atoms. The molecule has 7 nitrogen and oxygen atoms in total. The first kappa shape index (κ1) is 28.1. The topological polar surface area (TPSA) is 86.8 Å². The van der Waals surface area contributed by atoms with Crippen molar-refractivity contribution in [1.82, 2.24) is 14.5 Å². The highest BCUT2D eigenvalue weighted by Crippen LogP contribution is 2.24. The number of nitrogens with zero attached hydrogens (tertiary/aromatic N) is 2. The van der Waals surface area contributed by atoms with Crippen LogP contribution in [0.3, 0.4) is 0 Å². The Labute approximate surface area is 212 Å². The molecule has 0 heterocycles. The Morgan fingerprint density at radius 2 is 1.65 bits per heavy atom. The number of benzene rings is 2. The summed E-state index contributed by atoms with van der Waals surface area (Å²) in [6.45, 7) is 6.91. The minimum absolute atomic E-state index is 0.0588. The lowest BCUT2D eigenvalue weighted by atomic mass is 10.1. The molecular formula is C24H31Cl2N3O4S. The third-order valence-electron chi connectivity index (χ3n) is 5.59. The standard InChI is InChI=1S/C24H31Cl2N3O4S/c1-6-17(3)27-24(31)18(4)29(14-19-9-12-21(25)22(26)13-19)23(30)15-28(5)34(32,33)20-10-7-16(2)8-11-20/h7-13,17-18H,6,14-15H2,1-5H3,(H,27,31)/t17-,18+/m1/s1. The summed E-state index contributed by atoms with van der Waals surface area (Å²) in [5, 5.41) is 3.57. The molecule has 0 radical (unpaired) electrons. The second-order valence-electron chi connectivity index (χ2n) is 8.34. The second kappa shape index (κ2) is 12.0. The smallest absolute Gasteiger partial charge is 0.243 e. The molecule has 0 aliphatic carbocycles. The fraction of sp³-hybridized carbons (Fsp3) is 0.417. The van der Waals surface area contributed by atoms with Crippen LogP contribution in [0.15, 0.2) is 47.4 Å². The van der Waals surface area contributed by atoms with Crippen LogP contribution in [0.5, 0.6) is 0 Å². The van der Waals surface area contributed by atoms with E-state index in [1.54, 1.807) is 37.3 Å². The van der Waals surface area contributed by atoms with Gasteiger partial charge in [-0.15, -0.1) is 0 Å². The van der Waals surface area contributed by atoms with E-state index in [1.165, 1.54) is 24.1 Å². The van der Waals surface area contributed by atoms with Crippen LogP contribution in [-0.2, 0) is 26.2 Å². The molecule has 0 saturated carbocycles. The first-order valence-corrected chi connectivity index (χ1v) is 13.1. The van der Waals surface area contributed by atoms with E-state index in [9.17, 15) is 18.0 Å². The summed E-state index contributed by atoms with van der Waals surface area (Å²) in [5.41, 5.74) is 1.58. The molecule has 10 heteroatoms. The van der Waals surface area contributed by atoms with Crippen molar-refractivity contribution in [3.63, 3.8) is 0 Å². The molecule has 2 aromatic carbocycles. The number of rotatable bonds is 10. The molecule has 0 aliphatic heterocycles. The van der Waals surface area contributed by atoms with Crippen molar-refractivity contribution in [2.75, 3.05) is 13.6 Å². The first-order valence-electron chi connectivity index (χ1n) is 10.9. The van der Waals surface area contributed by atoms with Gasteiger partial charge in [-0.25, -0.2) is 8.42 Å². The van der Waals surface area contributed by atoms with E-state index < -0.39 is 28.5 Å². The monoisotopic (exact) mass is 527 g/mol. The number of halogens is 2. The molecular weight excluding hydrogens is 497 g/mol. The van der Waals surface area contributed by atoms with E-state index in [2.05, 4.69) is 5.32 Å². The fourth-order valence-electron chi connectivity index (χ4n) is 3.14. The zero-order valence-electron chi connectivity index (χ0n) is 20.0. The van der Waals surface area contributed by atoms with Crippen LogP contribution in [0, 0.1) is 6.92 Å². The average molecular weight is 529 g/mol. The molecule has 2 rings (SSSR count).